The SMILES string of the molecule is CCOC(=O)C(=O)NC12CCC(CC1)Cn1c2nc(C(=O)NCc2ccc(F)cc2)c(O)c1=O. The van der Waals surface area contributed by atoms with Crippen molar-refractivity contribution in [2.24, 2.45) is 5.92 Å². The fourth-order valence-corrected chi connectivity index (χ4v) is 4.59. The van der Waals surface area contributed by atoms with E-state index in [0.717, 1.165) is 0 Å². The van der Waals surface area contributed by atoms with E-state index < -0.39 is 46.1 Å². The Hall–Kier alpha value is -3.76. The third-order valence-electron chi connectivity index (χ3n) is 6.37. The fourth-order valence-electron chi connectivity index (χ4n) is 4.59. The lowest BCUT2D eigenvalue weighted by atomic mass is 9.77. The average Bonchev–Trinajstić information content (AvgIpc) is 3.07. The van der Waals surface area contributed by atoms with E-state index in [4.69, 9.17) is 4.74 Å². The van der Waals surface area contributed by atoms with Crippen molar-refractivity contribution in [1.29, 1.82) is 0 Å². The molecule has 2 aromatic rings. The first-order valence-corrected chi connectivity index (χ1v) is 11.1. The van der Waals surface area contributed by atoms with E-state index in [2.05, 4.69) is 15.6 Å². The minimum Gasteiger partial charge on any atom is -0.501 e. The van der Waals surface area contributed by atoms with Crippen molar-refractivity contribution < 1.29 is 28.6 Å². The predicted octanol–water partition coefficient (Wildman–Crippen LogP) is 1.10. The van der Waals surface area contributed by atoms with Crippen LogP contribution in [0.2, 0.25) is 0 Å². The highest BCUT2D eigenvalue weighted by atomic mass is 19.1. The largest absolute Gasteiger partial charge is 0.501 e. The summed E-state index contributed by atoms with van der Waals surface area (Å²) in [5.41, 5.74) is -1.82. The number of nitrogens with one attached hydrogen (secondary N) is 2. The number of amides is 2. The van der Waals surface area contributed by atoms with Crippen LogP contribution in [0.25, 0.3) is 0 Å². The van der Waals surface area contributed by atoms with E-state index in [1.807, 2.05) is 0 Å². The van der Waals surface area contributed by atoms with Crippen molar-refractivity contribution in [3.63, 3.8) is 0 Å². The molecule has 34 heavy (non-hydrogen) atoms. The number of aromatic nitrogens is 2. The van der Waals surface area contributed by atoms with Gasteiger partial charge < -0.3 is 20.5 Å². The van der Waals surface area contributed by atoms with E-state index in [9.17, 15) is 28.7 Å². The molecule has 11 heteroatoms. The summed E-state index contributed by atoms with van der Waals surface area (Å²) in [6.07, 6.45) is 2.16. The van der Waals surface area contributed by atoms with Crippen molar-refractivity contribution in [3.05, 3.63) is 57.5 Å². The molecule has 10 nitrogen and oxygen atoms in total. The first-order chi connectivity index (χ1) is 16.2. The number of hydrogen-bond acceptors (Lipinski definition) is 7. The van der Waals surface area contributed by atoms with Crippen molar-refractivity contribution in [2.45, 2.75) is 51.2 Å². The average molecular weight is 472 g/mol. The number of halogens is 1. The molecule has 3 aliphatic rings. The summed E-state index contributed by atoms with van der Waals surface area (Å²) < 4.78 is 19.2. The summed E-state index contributed by atoms with van der Waals surface area (Å²) in [4.78, 5) is 54.7. The monoisotopic (exact) mass is 472 g/mol. The van der Waals surface area contributed by atoms with Crippen LogP contribution in [0.1, 0.15) is 54.5 Å². The quantitative estimate of drug-likeness (QED) is 0.437. The number of rotatable bonds is 5. The topological polar surface area (TPSA) is 140 Å². The zero-order valence-electron chi connectivity index (χ0n) is 18.6. The van der Waals surface area contributed by atoms with Crippen LogP contribution < -0.4 is 16.2 Å². The Morgan fingerprint density at radius 1 is 1.24 bits per heavy atom. The van der Waals surface area contributed by atoms with Crippen molar-refractivity contribution >= 4 is 17.8 Å². The van der Waals surface area contributed by atoms with Crippen LogP contribution in [0, 0.1) is 11.7 Å². The van der Waals surface area contributed by atoms with Gasteiger partial charge in [-0.25, -0.2) is 14.2 Å². The number of esters is 1. The van der Waals surface area contributed by atoms with E-state index in [-0.39, 0.29) is 31.4 Å². The van der Waals surface area contributed by atoms with Crippen LogP contribution in [-0.4, -0.2) is 39.0 Å². The number of carbonyl (C=O) groups excluding carboxylic acids is 3. The van der Waals surface area contributed by atoms with Gasteiger partial charge in [-0.3, -0.25) is 19.0 Å². The lowest BCUT2D eigenvalue weighted by Gasteiger charge is -2.36. The molecule has 0 atom stereocenters. The van der Waals surface area contributed by atoms with Gasteiger partial charge in [0.2, 0.25) is 5.75 Å². The molecule has 5 rings (SSSR count). The molecule has 0 radical (unpaired) electrons. The van der Waals surface area contributed by atoms with Gasteiger partial charge in [-0.2, -0.15) is 0 Å². The van der Waals surface area contributed by atoms with Gasteiger partial charge in [0.1, 0.15) is 11.6 Å². The minimum atomic E-state index is -1.16. The highest BCUT2D eigenvalue weighted by molar-refractivity contribution is 6.32. The number of ether oxygens (including phenoxy) is 1. The molecule has 3 heterocycles. The molecule has 1 aromatic carbocycles. The number of nitrogens with zero attached hydrogens (tertiary/aromatic N) is 2. The molecule has 0 spiro atoms. The molecule has 2 amide bonds. The number of carbonyl (C=O) groups is 3. The Labute approximate surface area is 194 Å². The minimum absolute atomic E-state index is 0.0193. The highest BCUT2D eigenvalue weighted by Crippen LogP contribution is 2.42. The van der Waals surface area contributed by atoms with Gasteiger partial charge in [0, 0.05) is 13.1 Å². The molecule has 1 saturated carbocycles. The van der Waals surface area contributed by atoms with E-state index >= 15 is 0 Å². The third kappa shape index (κ3) is 4.37. The second-order valence-corrected chi connectivity index (χ2v) is 8.56. The fraction of sp³-hybridized carbons (Fsp3) is 0.435. The van der Waals surface area contributed by atoms with Gasteiger partial charge in [-0.1, -0.05) is 12.1 Å². The van der Waals surface area contributed by atoms with E-state index in [1.54, 1.807) is 6.92 Å². The van der Waals surface area contributed by atoms with Gasteiger partial charge in [-0.05, 0) is 56.2 Å². The maximum absolute atomic E-state index is 13.1. The van der Waals surface area contributed by atoms with Crippen molar-refractivity contribution in [3.8, 4) is 5.75 Å². The van der Waals surface area contributed by atoms with Crippen molar-refractivity contribution in [1.82, 2.24) is 20.2 Å². The van der Waals surface area contributed by atoms with Crippen LogP contribution in [0.5, 0.6) is 5.75 Å². The number of hydrogen-bond donors (Lipinski definition) is 3. The third-order valence-corrected chi connectivity index (χ3v) is 6.37. The molecule has 1 aromatic heterocycles. The first kappa shape index (κ1) is 23.4. The second-order valence-electron chi connectivity index (χ2n) is 8.56. The molecule has 1 aliphatic carbocycles. The van der Waals surface area contributed by atoms with Gasteiger partial charge in [-0.15, -0.1) is 0 Å². The second kappa shape index (κ2) is 9.24. The molecule has 0 unspecified atom stereocenters. The summed E-state index contributed by atoms with van der Waals surface area (Å²) in [5.74, 6) is -3.77. The zero-order valence-corrected chi connectivity index (χ0v) is 18.6. The van der Waals surface area contributed by atoms with Crippen LogP contribution in [-0.2, 0) is 33.0 Å². The summed E-state index contributed by atoms with van der Waals surface area (Å²) in [6, 6.07) is 5.48. The van der Waals surface area contributed by atoms with E-state index in [0.29, 0.717) is 31.2 Å². The molecule has 2 bridgehead atoms. The Balaban J connectivity index is 1.68. The Kier molecular flexibility index (Phi) is 6.36. The zero-order chi connectivity index (χ0) is 24.5. The molecular formula is C23H25FN4O6. The van der Waals surface area contributed by atoms with Gasteiger partial charge in [0.05, 0.1) is 12.1 Å². The summed E-state index contributed by atoms with van der Waals surface area (Å²) in [7, 11) is 0. The Bertz CT molecular complexity index is 1190. The Morgan fingerprint density at radius 2 is 1.91 bits per heavy atom. The van der Waals surface area contributed by atoms with Crippen LogP contribution in [0.3, 0.4) is 0 Å². The first-order valence-electron chi connectivity index (χ1n) is 11.1. The normalized spacial score (nSPS) is 20.7. The van der Waals surface area contributed by atoms with Gasteiger partial charge in [0.15, 0.2) is 5.69 Å². The number of fused-ring (bicyclic) bond motifs is 2. The molecular weight excluding hydrogens is 447 g/mol. The van der Waals surface area contributed by atoms with Crippen LogP contribution >= 0.6 is 0 Å². The lowest BCUT2D eigenvalue weighted by molar-refractivity contribution is -0.155. The van der Waals surface area contributed by atoms with Crippen molar-refractivity contribution in [2.75, 3.05) is 6.61 Å². The summed E-state index contributed by atoms with van der Waals surface area (Å²) in [5, 5.41) is 15.8. The molecule has 3 N–H and O–H groups in total. The predicted molar refractivity (Wildman–Crippen MR) is 116 cm³/mol. The van der Waals surface area contributed by atoms with Crippen LogP contribution in [0.15, 0.2) is 29.1 Å². The maximum atomic E-state index is 13.1. The summed E-state index contributed by atoms with van der Waals surface area (Å²) in [6.45, 7) is 1.91. The smallest absolute Gasteiger partial charge is 0.396 e. The van der Waals surface area contributed by atoms with Gasteiger partial charge in [0.25, 0.3) is 11.5 Å². The van der Waals surface area contributed by atoms with Gasteiger partial charge >= 0.3 is 11.9 Å². The maximum Gasteiger partial charge on any atom is 0.396 e. The highest BCUT2D eigenvalue weighted by Gasteiger charge is 2.46. The molecule has 0 saturated heterocycles. The Morgan fingerprint density at radius 3 is 2.56 bits per heavy atom. The van der Waals surface area contributed by atoms with E-state index in [1.165, 1.54) is 28.8 Å². The standard InChI is InChI=1S/C23H25FN4O6/c1-2-34-21(33)19(31)27-23-9-7-14(8-10-23)12-28-20(32)17(29)16(26-22(23)28)18(30)25-11-13-3-5-15(24)6-4-13/h3-6,14,29H,2,7-12H2,1H3,(H,25,30)(H,27,31). The number of benzene rings is 1. The molecule has 180 valence electrons. The summed E-state index contributed by atoms with van der Waals surface area (Å²) >= 11 is 0. The molecule has 1 fully saturated rings. The number of aromatic hydroxyl groups is 1. The molecule has 2 aliphatic heterocycles. The van der Waals surface area contributed by atoms with Crippen LogP contribution in [0.4, 0.5) is 4.39 Å². The lowest BCUT2D eigenvalue weighted by Crippen LogP contribution is -2.52.